The highest BCUT2D eigenvalue weighted by Gasteiger charge is 2.18. The van der Waals surface area contributed by atoms with E-state index in [4.69, 9.17) is 16.7 Å². The normalized spacial score (nSPS) is 11.1. The summed E-state index contributed by atoms with van der Waals surface area (Å²) < 4.78 is 26.8. The number of aryl methyl sites for hydroxylation is 1. The molecule has 110 valence electrons. The number of carboxylic acids is 1. The summed E-state index contributed by atoms with van der Waals surface area (Å²) in [6.07, 6.45) is 2.70. The number of anilines is 1. The maximum atomic E-state index is 12.2. The van der Waals surface area contributed by atoms with Crippen molar-refractivity contribution in [1.82, 2.24) is 4.98 Å². The van der Waals surface area contributed by atoms with E-state index in [1.807, 2.05) is 0 Å². The van der Waals surface area contributed by atoms with E-state index in [0.29, 0.717) is 5.56 Å². The number of carboxylic acid groups (broad SMARTS) is 1. The van der Waals surface area contributed by atoms with Gasteiger partial charge in [-0.05, 0) is 30.7 Å². The SMILES string of the molecule is Cc1ccc(S(=O)(=O)Nc2cnccc2Cl)cc1C(=O)O. The van der Waals surface area contributed by atoms with Crippen molar-refractivity contribution < 1.29 is 18.3 Å². The second kappa shape index (κ2) is 5.71. The van der Waals surface area contributed by atoms with Crippen LogP contribution >= 0.6 is 11.6 Å². The number of nitrogens with zero attached hydrogens (tertiary/aromatic N) is 1. The Kier molecular flexibility index (Phi) is 4.15. The lowest BCUT2D eigenvalue weighted by molar-refractivity contribution is 0.0696. The molecule has 0 aliphatic rings. The fourth-order valence-corrected chi connectivity index (χ4v) is 2.95. The number of aromatic carboxylic acids is 1. The third-order valence-corrected chi connectivity index (χ3v) is 4.45. The second-order valence-electron chi connectivity index (χ2n) is 4.24. The molecule has 6 nitrogen and oxygen atoms in total. The van der Waals surface area contributed by atoms with Gasteiger partial charge >= 0.3 is 5.97 Å². The van der Waals surface area contributed by atoms with Gasteiger partial charge in [-0.1, -0.05) is 17.7 Å². The van der Waals surface area contributed by atoms with Gasteiger partial charge in [-0.2, -0.15) is 0 Å². The second-order valence-corrected chi connectivity index (χ2v) is 6.33. The number of carbonyl (C=O) groups is 1. The Balaban J connectivity index is 2.43. The third-order valence-electron chi connectivity index (χ3n) is 2.76. The van der Waals surface area contributed by atoms with Crippen LogP contribution in [0.15, 0.2) is 41.6 Å². The summed E-state index contributed by atoms with van der Waals surface area (Å²) in [5, 5.41) is 9.24. The molecule has 0 spiro atoms. The van der Waals surface area contributed by atoms with Gasteiger partial charge in [0.15, 0.2) is 0 Å². The van der Waals surface area contributed by atoms with Gasteiger partial charge in [-0.15, -0.1) is 0 Å². The molecule has 2 aromatic rings. The molecule has 1 aromatic heterocycles. The summed E-state index contributed by atoms with van der Waals surface area (Å²) in [4.78, 5) is 14.7. The number of hydrogen-bond acceptors (Lipinski definition) is 4. The first-order valence-corrected chi connectivity index (χ1v) is 7.63. The molecule has 0 aliphatic heterocycles. The number of aromatic nitrogens is 1. The highest BCUT2D eigenvalue weighted by atomic mass is 35.5. The molecule has 0 aliphatic carbocycles. The van der Waals surface area contributed by atoms with Crippen molar-refractivity contribution in [3.05, 3.63) is 52.8 Å². The van der Waals surface area contributed by atoms with Crippen molar-refractivity contribution in [2.45, 2.75) is 11.8 Å². The van der Waals surface area contributed by atoms with Crippen molar-refractivity contribution in [2.75, 3.05) is 4.72 Å². The monoisotopic (exact) mass is 326 g/mol. The van der Waals surface area contributed by atoms with E-state index < -0.39 is 16.0 Å². The van der Waals surface area contributed by atoms with Gasteiger partial charge in [0.1, 0.15) is 0 Å². The number of pyridine rings is 1. The zero-order valence-electron chi connectivity index (χ0n) is 10.9. The van der Waals surface area contributed by atoms with Crippen LogP contribution in [0.3, 0.4) is 0 Å². The van der Waals surface area contributed by atoms with E-state index in [-0.39, 0.29) is 21.2 Å². The fraction of sp³-hybridized carbons (Fsp3) is 0.0769. The lowest BCUT2D eigenvalue weighted by atomic mass is 10.1. The first-order chi connectivity index (χ1) is 9.81. The maximum absolute atomic E-state index is 12.2. The van der Waals surface area contributed by atoms with E-state index in [1.165, 1.54) is 30.6 Å². The molecule has 0 fully saturated rings. The molecule has 0 unspecified atom stereocenters. The number of hydrogen-bond donors (Lipinski definition) is 2. The van der Waals surface area contributed by atoms with Crippen LogP contribution in [0.2, 0.25) is 5.02 Å². The molecule has 0 bridgehead atoms. The molecule has 8 heteroatoms. The smallest absolute Gasteiger partial charge is 0.335 e. The van der Waals surface area contributed by atoms with Crippen LogP contribution in [-0.4, -0.2) is 24.5 Å². The quantitative estimate of drug-likeness (QED) is 0.900. The molecule has 1 heterocycles. The van der Waals surface area contributed by atoms with Gasteiger partial charge in [0, 0.05) is 6.20 Å². The van der Waals surface area contributed by atoms with E-state index in [1.54, 1.807) is 6.92 Å². The first kappa shape index (κ1) is 15.3. The summed E-state index contributed by atoms with van der Waals surface area (Å²) in [7, 11) is -3.95. The van der Waals surface area contributed by atoms with Gasteiger partial charge < -0.3 is 5.11 Å². The first-order valence-electron chi connectivity index (χ1n) is 5.77. The summed E-state index contributed by atoms with van der Waals surface area (Å²) in [6.45, 7) is 1.59. The lowest BCUT2D eigenvalue weighted by Gasteiger charge is -2.10. The Labute approximate surface area is 126 Å². The molecule has 0 amide bonds. The number of sulfonamides is 1. The zero-order valence-corrected chi connectivity index (χ0v) is 12.4. The van der Waals surface area contributed by atoms with Crippen molar-refractivity contribution >= 4 is 33.3 Å². The minimum Gasteiger partial charge on any atom is -0.478 e. The van der Waals surface area contributed by atoms with Crippen LogP contribution in [0.4, 0.5) is 5.69 Å². The van der Waals surface area contributed by atoms with E-state index in [0.717, 1.165) is 6.07 Å². The van der Waals surface area contributed by atoms with E-state index in [9.17, 15) is 13.2 Å². The Morgan fingerprint density at radius 1 is 1.33 bits per heavy atom. The van der Waals surface area contributed by atoms with Gasteiger partial charge in [-0.25, -0.2) is 13.2 Å². The predicted molar refractivity (Wildman–Crippen MR) is 78.2 cm³/mol. The van der Waals surface area contributed by atoms with Crippen LogP contribution in [0.5, 0.6) is 0 Å². The van der Waals surface area contributed by atoms with Crippen LogP contribution in [0.25, 0.3) is 0 Å². The molecular formula is C13H11ClN2O4S. The predicted octanol–water partition coefficient (Wildman–Crippen LogP) is 2.54. The minimum absolute atomic E-state index is 0.0739. The van der Waals surface area contributed by atoms with Gasteiger partial charge in [-0.3, -0.25) is 9.71 Å². The molecule has 0 saturated heterocycles. The van der Waals surface area contributed by atoms with Crippen LogP contribution in [-0.2, 0) is 10.0 Å². The minimum atomic E-state index is -3.95. The molecule has 0 radical (unpaired) electrons. The molecular weight excluding hydrogens is 316 g/mol. The molecule has 0 atom stereocenters. The molecule has 1 aromatic carbocycles. The lowest BCUT2D eigenvalue weighted by Crippen LogP contribution is -2.14. The largest absolute Gasteiger partial charge is 0.478 e. The third kappa shape index (κ3) is 3.32. The summed E-state index contributed by atoms with van der Waals surface area (Å²) in [5.74, 6) is -1.19. The average Bonchev–Trinajstić information content (AvgIpc) is 2.41. The Morgan fingerprint density at radius 2 is 2.05 bits per heavy atom. The number of rotatable bonds is 4. The Morgan fingerprint density at radius 3 is 2.67 bits per heavy atom. The number of halogens is 1. The van der Waals surface area contributed by atoms with Crippen LogP contribution < -0.4 is 4.72 Å². The molecule has 21 heavy (non-hydrogen) atoms. The van der Waals surface area contributed by atoms with Crippen molar-refractivity contribution in [1.29, 1.82) is 0 Å². The molecule has 0 saturated carbocycles. The van der Waals surface area contributed by atoms with Crippen molar-refractivity contribution in [2.24, 2.45) is 0 Å². The number of benzene rings is 1. The van der Waals surface area contributed by atoms with Crippen LogP contribution in [0, 0.1) is 6.92 Å². The number of nitrogens with one attached hydrogen (secondary N) is 1. The maximum Gasteiger partial charge on any atom is 0.335 e. The topological polar surface area (TPSA) is 96.4 Å². The van der Waals surface area contributed by atoms with Crippen molar-refractivity contribution in [3.8, 4) is 0 Å². The van der Waals surface area contributed by atoms with Gasteiger partial charge in [0.2, 0.25) is 0 Å². The fourth-order valence-electron chi connectivity index (χ4n) is 1.65. The summed E-state index contributed by atoms with van der Waals surface area (Å²) in [5.41, 5.74) is 0.521. The summed E-state index contributed by atoms with van der Waals surface area (Å²) in [6, 6.07) is 5.30. The van der Waals surface area contributed by atoms with Crippen molar-refractivity contribution in [3.63, 3.8) is 0 Å². The van der Waals surface area contributed by atoms with E-state index in [2.05, 4.69) is 9.71 Å². The average molecular weight is 327 g/mol. The van der Waals surface area contributed by atoms with Crippen LogP contribution in [0.1, 0.15) is 15.9 Å². The molecule has 2 N–H and O–H groups in total. The highest BCUT2D eigenvalue weighted by Crippen LogP contribution is 2.24. The molecule has 2 rings (SSSR count). The Hall–Kier alpha value is -2.12. The Bertz CT molecular complexity index is 806. The summed E-state index contributed by atoms with van der Waals surface area (Å²) >= 11 is 5.86. The standard InChI is InChI=1S/C13H11ClN2O4S/c1-8-2-3-9(6-10(8)13(17)18)21(19,20)16-12-7-15-5-4-11(12)14/h2-7,16H,1H3,(H,17,18). The highest BCUT2D eigenvalue weighted by molar-refractivity contribution is 7.92. The van der Waals surface area contributed by atoms with Gasteiger partial charge in [0.25, 0.3) is 10.0 Å². The zero-order chi connectivity index (χ0) is 15.6. The van der Waals surface area contributed by atoms with Gasteiger partial charge in [0.05, 0.1) is 27.4 Å². The van der Waals surface area contributed by atoms with E-state index >= 15 is 0 Å².